The lowest BCUT2D eigenvalue weighted by atomic mass is 10.0. The van der Waals surface area contributed by atoms with Gasteiger partial charge in [0.2, 0.25) is 5.91 Å². The summed E-state index contributed by atoms with van der Waals surface area (Å²) in [5.74, 6) is 0.338. The minimum atomic E-state index is -0.654. The van der Waals surface area contributed by atoms with Crippen molar-refractivity contribution in [2.75, 3.05) is 47.7 Å². The lowest BCUT2D eigenvalue weighted by molar-refractivity contribution is -0.124. The molecule has 0 bridgehead atoms. The third kappa shape index (κ3) is 8.14. The fraction of sp³-hybridized carbons (Fsp3) is 0.600. The van der Waals surface area contributed by atoms with Crippen molar-refractivity contribution in [3.05, 3.63) is 23.8 Å². The number of hydrogen-bond donors (Lipinski definition) is 2. The molecule has 0 aliphatic carbocycles. The van der Waals surface area contributed by atoms with E-state index in [9.17, 15) is 9.59 Å². The third-order valence-electron chi connectivity index (χ3n) is 4.05. The van der Waals surface area contributed by atoms with Gasteiger partial charge in [-0.2, -0.15) is 0 Å². The van der Waals surface area contributed by atoms with Gasteiger partial charge in [0.1, 0.15) is 17.5 Å². The van der Waals surface area contributed by atoms with E-state index in [1.165, 1.54) is 14.2 Å². The average Bonchev–Trinajstić information content (AvgIpc) is 2.70. The number of amides is 2. The second kappa shape index (κ2) is 13.0. The first-order valence-corrected chi connectivity index (χ1v) is 9.31. The average molecular weight is 396 g/mol. The van der Waals surface area contributed by atoms with Crippen molar-refractivity contribution < 1.29 is 28.5 Å². The van der Waals surface area contributed by atoms with Gasteiger partial charge in [-0.05, 0) is 24.5 Å². The number of methoxy groups -OCH3 is 3. The minimum absolute atomic E-state index is 0.0746. The van der Waals surface area contributed by atoms with Crippen LogP contribution in [-0.4, -0.2) is 65.6 Å². The zero-order valence-electron chi connectivity index (χ0n) is 17.4. The van der Waals surface area contributed by atoms with Gasteiger partial charge >= 0.3 is 0 Å². The Morgan fingerprint density at radius 1 is 0.964 bits per heavy atom. The summed E-state index contributed by atoms with van der Waals surface area (Å²) in [6.45, 7) is 5.83. The fourth-order valence-corrected chi connectivity index (χ4v) is 2.44. The summed E-state index contributed by atoms with van der Waals surface area (Å²) in [6.07, 6.45) is 0.682. The van der Waals surface area contributed by atoms with Crippen LogP contribution in [0.4, 0.5) is 0 Å². The fourth-order valence-electron chi connectivity index (χ4n) is 2.44. The molecule has 8 nitrogen and oxygen atoms in total. The highest BCUT2D eigenvalue weighted by atomic mass is 16.5. The molecule has 0 unspecified atom stereocenters. The molecule has 8 heteroatoms. The summed E-state index contributed by atoms with van der Waals surface area (Å²) in [7, 11) is 4.64. The van der Waals surface area contributed by atoms with Gasteiger partial charge in [-0.1, -0.05) is 13.8 Å². The number of nitrogens with one attached hydrogen (secondary N) is 2. The predicted octanol–water partition coefficient (Wildman–Crippen LogP) is 1.63. The number of hydrogen-bond acceptors (Lipinski definition) is 6. The van der Waals surface area contributed by atoms with E-state index >= 15 is 0 Å². The van der Waals surface area contributed by atoms with Gasteiger partial charge in [0.05, 0.1) is 27.4 Å². The van der Waals surface area contributed by atoms with Crippen molar-refractivity contribution in [3.63, 3.8) is 0 Å². The van der Waals surface area contributed by atoms with E-state index in [-0.39, 0.29) is 17.7 Å². The molecule has 0 saturated heterocycles. The summed E-state index contributed by atoms with van der Waals surface area (Å²) in [4.78, 5) is 25.1. The minimum Gasteiger partial charge on any atom is -0.497 e. The van der Waals surface area contributed by atoms with E-state index in [0.717, 1.165) is 0 Å². The summed E-state index contributed by atoms with van der Waals surface area (Å²) in [5.41, 5.74) is 0.362. The molecule has 0 saturated carbocycles. The number of rotatable bonds is 13. The van der Waals surface area contributed by atoms with Crippen molar-refractivity contribution in [1.29, 1.82) is 0 Å². The maximum Gasteiger partial charge on any atom is 0.252 e. The van der Waals surface area contributed by atoms with Gasteiger partial charge in [0, 0.05) is 31.9 Å². The first-order valence-electron chi connectivity index (χ1n) is 9.31. The molecule has 0 heterocycles. The highest BCUT2D eigenvalue weighted by Gasteiger charge is 2.24. The zero-order chi connectivity index (χ0) is 20.9. The van der Waals surface area contributed by atoms with Crippen LogP contribution < -0.4 is 20.1 Å². The van der Waals surface area contributed by atoms with E-state index < -0.39 is 6.04 Å². The van der Waals surface area contributed by atoms with Gasteiger partial charge in [0.25, 0.3) is 5.91 Å². The summed E-state index contributed by atoms with van der Waals surface area (Å²) < 4.78 is 20.6. The van der Waals surface area contributed by atoms with Crippen LogP contribution >= 0.6 is 0 Å². The monoisotopic (exact) mass is 396 g/mol. The van der Waals surface area contributed by atoms with Gasteiger partial charge in [0.15, 0.2) is 0 Å². The number of ether oxygens (including phenoxy) is 4. The SMILES string of the molecule is COCCOCCCNC(=O)[C@@H](NC(=O)c1cc(OC)cc(OC)c1)C(C)C. The van der Waals surface area contributed by atoms with Gasteiger partial charge in [-0.3, -0.25) is 9.59 Å². The molecule has 0 aliphatic rings. The molecule has 2 amide bonds. The number of carbonyl (C=O) groups excluding carboxylic acids is 2. The standard InChI is InChI=1S/C20H32N2O6/c1-14(2)18(20(24)21-7-6-8-28-10-9-25-3)22-19(23)15-11-16(26-4)13-17(12-15)27-5/h11-14,18H,6-10H2,1-5H3,(H,21,24)(H,22,23)/t18-/m0/s1. The molecule has 0 radical (unpaired) electrons. The van der Waals surface area contributed by atoms with Crippen LogP contribution in [0.2, 0.25) is 0 Å². The normalized spacial score (nSPS) is 11.8. The summed E-state index contributed by atoms with van der Waals surface area (Å²) in [5, 5.41) is 5.64. The Balaban J connectivity index is 2.61. The zero-order valence-corrected chi connectivity index (χ0v) is 17.4. The molecule has 2 N–H and O–H groups in total. The van der Waals surface area contributed by atoms with Crippen molar-refractivity contribution >= 4 is 11.8 Å². The summed E-state index contributed by atoms with van der Waals surface area (Å²) >= 11 is 0. The Morgan fingerprint density at radius 3 is 2.14 bits per heavy atom. The second-order valence-electron chi connectivity index (χ2n) is 6.55. The molecule has 0 fully saturated rings. The lowest BCUT2D eigenvalue weighted by Gasteiger charge is -2.22. The second-order valence-corrected chi connectivity index (χ2v) is 6.55. The van der Waals surface area contributed by atoms with Gasteiger partial charge in [-0.25, -0.2) is 0 Å². The molecule has 0 aromatic heterocycles. The van der Waals surface area contributed by atoms with Crippen LogP contribution in [-0.2, 0) is 14.3 Å². The van der Waals surface area contributed by atoms with Crippen molar-refractivity contribution in [3.8, 4) is 11.5 Å². The lowest BCUT2D eigenvalue weighted by Crippen LogP contribution is -2.50. The quantitative estimate of drug-likeness (QED) is 0.492. The number of carbonyl (C=O) groups is 2. The van der Waals surface area contributed by atoms with Crippen molar-refractivity contribution in [1.82, 2.24) is 10.6 Å². The largest absolute Gasteiger partial charge is 0.497 e. The van der Waals surface area contributed by atoms with E-state index in [4.69, 9.17) is 18.9 Å². The Kier molecular flexibility index (Phi) is 11.0. The first kappa shape index (κ1) is 23.7. The highest BCUT2D eigenvalue weighted by Crippen LogP contribution is 2.22. The topological polar surface area (TPSA) is 95.1 Å². The van der Waals surface area contributed by atoms with E-state index in [2.05, 4.69) is 10.6 Å². The smallest absolute Gasteiger partial charge is 0.252 e. The van der Waals surface area contributed by atoms with Crippen LogP contribution in [0.5, 0.6) is 11.5 Å². The molecule has 28 heavy (non-hydrogen) atoms. The Bertz CT molecular complexity index is 598. The molecular weight excluding hydrogens is 364 g/mol. The summed E-state index contributed by atoms with van der Waals surface area (Å²) in [6, 6.07) is 4.23. The maximum absolute atomic E-state index is 12.6. The van der Waals surface area contributed by atoms with Crippen LogP contribution in [0.25, 0.3) is 0 Å². The van der Waals surface area contributed by atoms with Gasteiger partial charge < -0.3 is 29.6 Å². The van der Waals surface area contributed by atoms with Crippen LogP contribution in [0.1, 0.15) is 30.6 Å². The Hall–Kier alpha value is -2.32. The third-order valence-corrected chi connectivity index (χ3v) is 4.05. The highest BCUT2D eigenvalue weighted by molar-refractivity contribution is 5.98. The first-order chi connectivity index (χ1) is 13.4. The molecule has 158 valence electrons. The molecule has 1 rings (SSSR count). The van der Waals surface area contributed by atoms with Crippen LogP contribution in [0.3, 0.4) is 0 Å². The van der Waals surface area contributed by atoms with E-state index in [1.807, 2.05) is 13.8 Å². The molecular formula is C20H32N2O6. The molecule has 0 aliphatic heterocycles. The van der Waals surface area contributed by atoms with E-state index in [1.54, 1.807) is 25.3 Å². The number of benzene rings is 1. The molecule has 1 aromatic rings. The van der Waals surface area contributed by atoms with E-state index in [0.29, 0.717) is 49.8 Å². The Labute approximate surface area is 166 Å². The molecule has 1 aromatic carbocycles. The van der Waals surface area contributed by atoms with Crippen molar-refractivity contribution in [2.24, 2.45) is 5.92 Å². The van der Waals surface area contributed by atoms with Crippen LogP contribution in [0, 0.1) is 5.92 Å². The van der Waals surface area contributed by atoms with Crippen LogP contribution in [0.15, 0.2) is 18.2 Å². The Morgan fingerprint density at radius 2 is 1.61 bits per heavy atom. The molecule has 1 atom stereocenters. The van der Waals surface area contributed by atoms with Crippen molar-refractivity contribution in [2.45, 2.75) is 26.3 Å². The predicted molar refractivity (Wildman–Crippen MR) is 106 cm³/mol. The molecule has 0 spiro atoms. The maximum atomic E-state index is 12.6. The van der Waals surface area contributed by atoms with Gasteiger partial charge in [-0.15, -0.1) is 0 Å².